The van der Waals surface area contributed by atoms with Crippen LogP contribution >= 0.6 is 0 Å². The number of hydrogen-bond donors (Lipinski definition) is 0. The first-order chi connectivity index (χ1) is 8.88. The molecule has 0 aromatic heterocycles. The van der Waals surface area contributed by atoms with Crippen molar-refractivity contribution in [1.82, 2.24) is 0 Å². The van der Waals surface area contributed by atoms with Crippen molar-refractivity contribution in [3.05, 3.63) is 23.3 Å². The molecule has 3 atom stereocenters. The van der Waals surface area contributed by atoms with Crippen LogP contribution < -0.4 is 0 Å². The van der Waals surface area contributed by atoms with E-state index in [0.29, 0.717) is 0 Å². The van der Waals surface area contributed by atoms with E-state index in [4.69, 9.17) is 0 Å². The Kier molecular flexibility index (Phi) is 3.91. The lowest BCUT2D eigenvalue weighted by Gasteiger charge is -2.25. The molecule has 0 radical (unpaired) electrons. The van der Waals surface area contributed by atoms with Gasteiger partial charge in [0, 0.05) is 0 Å². The van der Waals surface area contributed by atoms with Crippen LogP contribution in [0.15, 0.2) is 23.3 Å². The molecule has 0 heterocycles. The second-order valence-corrected chi connectivity index (χ2v) is 6.67. The first kappa shape index (κ1) is 12.5. The molecule has 0 nitrogen and oxygen atoms in total. The van der Waals surface area contributed by atoms with Crippen molar-refractivity contribution >= 4 is 0 Å². The first-order valence-corrected chi connectivity index (χ1v) is 8.30. The summed E-state index contributed by atoms with van der Waals surface area (Å²) in [6.45, 7) is 2.31. The predicted molar refractivity (Wildman–Crippen MR) is 78.5 cm³/mol. The van der Waals surface area contributed by atoms with Gasteiger partial charge < -0.3 is 0 Å². The fourth-order valence-corrected chi connectivity index (χ4v) is 4.43. The number of allylic oxidation sites excluding steroid dienone is 4. The summed E-state index contributed by atoms with van der Waals surface area (Å²) >= 11 is 0. The van der Waals surface area contributed by atoms with Gasteiger partial charge in [-0.3, -0.25) is 0 Å². The van der Waals surface area contributed by atoms with Gasteiger partial charge in [0.1, 0.15) is 0 Å². The first-order valence-electron chi connectivity index (χ1n) is 8.30. The Bertz CT molecular complexity index is 347. The van der Waals surface area contributed by atoms with Crippen LogP contribution in [0.4, 0.5) is 0 Å². The summed E-state index contributed by atoms with van der Waals surface area (Å²) in [7, 11) is 0. The van der Waals surface area contributed by atoms with Gasteiger partial charge in [-0.05, 0) is 67.4 Å². The maximum Gasteiger partial charge on any atom is -0.0136 e. The third kappa shape index (κ3) is 2.44. The maximum absolute atomic E-state index is 2.70. The average molecular weight is 244 g/mol. The summed E-state index contributed by atoms with van der Waals surface area (Å²) < 4.78 is 0. The summed E-state index contributed by atoms with van der Waals surface area (Å²) in [4.78, 5) is 0. The molecule has 0 bridgehead atoms. The van der Waals surface area contributed by atoms with Crippen LogP contribution in [0.1, 0.15) is 71.1 Å². The zero-order valence-corrected chi connectivity index (χ0v) is 12.0. The highest BCUT2D eigenvalue weighted by Crippen LogP contribution is 2.48. The third-order valence-electron chi connectivity index (χ3n) is 5.45. The Morgan fingerprint density at radius 1 is 1.00 bits per heavy atom. The standard InChI is InChI=1S/C18H28/c1-2-3-4-5-7-14-10-11-17-12-15-8-6-9-16(15)13-18(14)17/h12-14,17-18H,2-11H2,1H3. The molecule has 0 aromatic rings. The number of rotatable bonds is 5. The van der Waals surface area contributed by atoms with Crippen molar-refractivity contribution in [1.29, 1.82) is 0 Å². The Labute approximate surface area is 113 Å². The van der Waals surface area contributed by atoms with Crippen LogP contribution in [0.5, 0.6) is 0 Å². The van der Waals surface area contributed by atoms with Crippen molar-refractivity contribution < 1.29 is 0 Å². The van der Waals surface area contributed by atoms with Crippen molar-refractivity contribution in [3.8, 4) is 0 Å². The summed E-state index contributed by atoms with van der Waals surface area (Å²) in [5, 5.41) is 0. The largest absolute Gasteiger partial charge is 0.0773 e. The zero-order chi connectivity index (χ0) is 12.4. The second-order valence-electron chi connectivity index (χ2n) is 6.67. The van der Waals surface area contributed by atoms with Crippen LogP contribution in [0, 0.1) is 17.8 Å². The molecule has 2 fully saturated rings. The van der Waals surface area contributed by atoms with Gasteiger partial charge in [0.25, 0.3) is 0 Å². The van der Waals surface area contributed by atoms with Crippen LogP contribution in [0.2, 0.25) is 0 Å². The normalized spacial score (nSPS) is 33.9. The van der Waals surface area contributed by atoms with E-state index in [1.54, 1.807) is 11.1 Å². The van der Waals surface area contributed by atoms with Crippen molar-refractivity contribution in [2.24, 2.45) is 17.8 Å². The molecular formula is C18H28. The van der Waals surface area contributed by atoms with Gasteiger partial charge in [0.2, 0.25) is 0 Å². The molecule has 2 saturated carbocycles. The zero-order valence-electron chi connectivity index (χ0n) is 12.0. The minimum atomic E-state index is 0.915. The topological polar surface area (TPSA) is 0 Å². The molecule has 0 heteroatoms. The van der Waals surface area contributed by atoms with Gasteiger partial charge in [-0.2, -0.15) is 0 Å². The van der Waals surface area contributed by atoms with E-state index in [2.05, 4.69) is 19.1 Å². The Balaban J connectivity index is 1.58. The van der Waals surface area contributed by atoms with E-state index in [-0.39, 0.29) is 0 Å². The highest BCUT2D eigenvalue weighted by molar-refractivity contribution is 5.40. The molecule has 0 aliphatic heterocycles. The second kappa shape index (κ2) is 5.63. The maximum atomic E-state index is 2.70. The Hall–Kier alpha value is -0.520. The summed E-state index contributed by atoms with van der Waals surface area (Å²) in [5.74, 6) is 2.85. The van der Waals surface area contributed by atoms with E-state index in [1.165, 1.54) is 64.2 Å². The predicted octanol–water partition coefficient (Wildman–Crippen LogP) is 5.65. The monoisotopic (exact) mass is 244 g/mol. The highest BCUT2D eigenvalue weighted by atomic mass is 14.4. The molecule has 0 spiro atoms. The lowest BCUT2D eigenvalue weighted by atomic mass is 9.80. The van der Waals surface area contributed by atoms with Crippen LogP contribution in [-0.4, -0.2) is 0 Å². The van der Waals surface area contributed by atoms with Crippen LogP contribution in [0.3, 0.4) is 0 Å². The summed E-state index contributed by atoms with van der Waals surface area (Å²) in [6, 6.07) is 0. The molecule has 100 valence electrons. The van der Waals surface area contributed by atoms with E-state index in [9.17, 15) is 0 Å². The van der Waals surface area contributed by atoms with Gasteiger partial charge in [0.15, 0.2) is 0 Å². The van der Waals surface area contributed by atoms with Crippen LogP contribution in [0.25, 0.3) is 0 Å². The van der Waals surface area contributed by atoms with Gasteiger partial charge in [-0.25, -0.2) is 0 Å². The fraction of sp³-hybridized carbons (Fsp3) is 0.778. The fourth-order valence-electron chi connectivity index (χ4n) is 4.43. The number of fused-ring (bicyclic) bond motifs is 2. The van der Waals surface area contributed by atoms with Crippen molar-refractivity contribution in [2.75, 3.05) is 0 Å². The van der Waals surface area contributed by atoms with Gasteiger partial charge in [-0.1, -0.05) is 44.8 Å². The average Bonchev–Trinajstić information content (AvgIpc) is 2.98. The molecule has 3 rings (SSSR count). The molecular weight excluding hydrogens is 216 g/mol. The van der Waals surface area contributed by atoms with E-state index < -0.39 is 0 Å². The number of hydrogen-bond acceptors (Lipinski definition) is 0. The Morgan fingerprint density at radius 2 is 1.83 bits per heavy atom. The van der Waals surface area contributed by atoms with E-state index in [1.807, 2.05) is 0 Å². The van der Waals surface area contributed by atoms with Gasteiger partial charge >= 0.3 is 0 Å². The summed E-state index contributed by atoms with van der Waals surface area (Å²) in [6.07, 6.45) is 19.7. The number of unbranched alkanes of at least 4 members (excludes halogenated alkanes) is 3. The van der Waals surface area contributed by atoms with Gasteiger partial charge in [0.05, 0.1) is 0 Å². The van der Waals surface area contributed by atoms with E-state index >= 15 is 0 Å². The quantitative estimate of drug-likeness (QED) is 0.548. The van der Waals surface area contributed by atoms with Crippen LogP contribution in [-0.2, 0) is 0 Å². The van der Waals surface area contributed by atoms with E-state index in [0.717, 1.165) is 17.8 Å². The lowest BCUT2D eigenvalue weighted by molar-refractivity contribution is 0.375. The molecule has 3 unspecified atom stereocenters. The SMILES string of the molecule is CCCCCCC1CCC2C=C3CCCC3=CC21. The highest BCUT2D eigenvalue weighted by Gasteiger charge is 2.36. The van der Waals surface area contributed by atoms with Gasteiger partial charge in [-0.15, -0.1) is 0 Å². The Morgan fingerprint density at radius 3 is 2.67 bits per heavy atom. The molecule has 3 aliphatic rings. The molecule has 0 saturated heterocycles. The van der Waals surface area contributed by atoms with Crippen molar-refractivity contribution in [3.63, 3.8) is 0 Å². The summed E-state index contributed by atoms with van der Waals surface area (Å²) in [5.41, 5.74) is 3.46. The molecule has 18 heavy (non-hydrogen) atoms. The minimum absolute atomic E-state index is 0.915. The molecule has 0 aromatic carbocycles. The molecule has 3 aliphatic carbocycles. The molecule has 0 amide bonds. The smallest absolute Gasteiger partial charge is 0.0136 e. The molecule has 0 N–H and O–H groups in total. The third-order valence-corrected chi connectivity index (χ3v) is 5.45. The minimum Gasteiger partial charge on any atom is -0.0773 e. The van der Waals surface area contributed by atoms with Crippen molar-refractivity contribution in [2.45, 2.75) is 71.1 Å². The lowest BCUT2D eigenvalue weighted by Crippen LogP contribution is -2.15.